The number of anilines is 1. The van der Waals surface area contributed by atoms with Gasteiger partial charge in [0.2, 0.25) is 5.91 Å². The van der Waals surface area contributed by atoms with Crippen molar-refractivity contribution in [2.75, 3.05) is 11.1 Å². The summed E-state index contributed by atoms with van der Waals surface area (Å²) in [6.45, 7) is 5.92. The second-order valence-electron chi connectivity index (χ2n) is 7.19. The number of hydrogen-bond donors (Lipinski definition) is 1. The number of hydrogen-bond acceptors (Lipinski definition) is 4. The van der Waals surface area contributed by atoms with E-state index < -0.39 is 0 Å². The number of carbonyl (C=O) groups is 1. The van der Waals surface area contributed by atoms with Gasteiger partial charge < -0.3 is 5.32 Å². The van der Waals surface area contributed by atoms with Gasteiger partial charge in [0.15, 0.2) is 5.16 Å². The number of carbonyl (C=O) groups excluding carboxylic acids is 1. The molecule has 0 atom stereocenters. The molecule has 0 saturated carbocycles. The average Bonchev–Trinajstić information content (AvgIpc) is 3.33. The van der Waals surface area contributed by atoms with Crippen LogP contribution in [-0.4, -0.2) is 31.0 Å². The van der Waals surface area contributed by atoms with Gasteiger partial charge in [0.1, 0.15) is 0 Å². The number of aryl methyl sites for hydroxylation is 2. The number of imidazole rings is 1. The molecule has 158 valence electrons. The molecule has 6 nitrogen and oxygen atoms in total. The molecule has 0 saturated heterocycles. The number of halogens is 1. The quantitative estimate of drug-likeness (QED) is 0.359. The van der Waals surface area contributed by atoms with Crippen LogP contribution >= 0.6 is 27.7 Å². The van der Waals surface area contributed by atoms with Gasteiger partial charge in [0, 0.05) is 22.6 Å². The van der Waals surface area contributed by atoms with Crippen LogP contribution in [0.2, 0.25) is 0 Å². The maximum atomic E-state index is 12.7. The highest BCUT2D eigenvalue weighted by molar-refractivity contribution is 9.10. The predicted molar refractivity (Wildman–Crippen MR) is 128 cm³/mol. The minimum absolute atomic E-state index is 0.0926. The number of benzene rings is 2. The summed E-state index contributed by atoms with van der Waals surface area (Å²) in [6, 6.07) is 16.1. The highest BCUT2D eigenvalue weighted by Crippen LogP contribution is 2.25. The Hall–Kier alpha value is -2.84. The van der Waals surface area contributed by atoms with Gasteiger partial charge in [0.05, 0.1) is 28.5 Å². The monoisotopic (exact) mass is 495 g/mol. The number of amides is 1. The van der Waals surface area contributed by atoms with E-state index in [1.165, 1.54) is 17.3 Å². The standard InChI is InChI=1S/C23H22BrN5OS/c1-15-4-8-20(9-5-15)29-17(3)22(16(2)27-29)26-21(30)14-31-23-25-12-13-28(23)19-10-6-18(24)7-11-19/h4-13H,14H2,1-3H3,(H,26,30). The molecule has 4 rings (SSSR count). The summed E-state index contributed by atoms with van der Waals surface area (Å²) in [6.07, 6.45) is 3.63. The van der Waals surface area contributed by atoms with Gasteiger partial charge in [-0.05, 0) is 57.2 Å². The zero-order valence-electron chi connectivity index (χ0n) is 17.5. The topological polar surface area (TPSA) is 64.7 Å². The molecule has 0 aliphatic carbocycles. The molecule has 2 aromatic heterocycles. The molecule has 31 heavy (non-hydrogen) atoms. The van der Waals surface area contributed by atoms with Crippen LogP contribution in [0.1, 0.15) is 17.0 Å². The molecule has 2 heterocycles. The van der Waals surface area contributed by atoms with Gasteiger partial charge in [0.25, 0.3) is 0 Å². The Balaban J connectivity index is 1.45. The summed E-state index contributed by atoms with van der Waals surface area (Å²) in [5.74, 6) is 0.160. The van der Waals surface area contributed by atoms with E-state index in [9.17, 15) is 4.79 Å². The fourth-order valence-electron chi connectivity index (χ4n) is 3.26. The maximum Gasteiger partial charge on any atom is 0.234 e. The largest absolute Gasteiger partial charge is 0.322 e. The molecule has 0 aliphatic rings. The fraction of sp³-hybridized carbons (Fsp3) is 0.174. The van der Waals surface area contributed by atoms with Crippen molar-refractivity contribution in [1.82, 2.24) is 19.3 Å². The molecular formula is C23H22BrN5OS. The van der Waals surface area contributed by atoms with Crippen LogP contribution in [0, 0.1) is 20.8 Å². The van der Waals surface area contributed by atoms with E-state index in [4.69, 9.17) is 0 Å². The molecule has 0 aliphatic heterocycles. The lowest BCUT2D eigenvalue weighted by molar-refractivity contribution is -0.113. The Kier molecular flexibility index (Phi) is 6.29. The normalized spacial score (nSPS) is 11.0. The van der Waals surface area contributed by atoms with Gasteiger partial charge in [-0.25, -0.2) is 9.67 Å². The molecular weight excluding hydrogens is 474 g/mol. The van der Waals surface area contributed by atoms with Crippen molar-refractivity contribution in [3.8, 4) is 11.4 Å². The van der Waals surface area contributed by atoms with Crippen molar-refractivity contribution in [2.45, 2.75) is 25.9 Å². The van der Waals surface area contributed by atoms with Gasteiger partial charge in [-0.15, -0.1) is 0 Å². The summed E-state index contributed by atoms with van der Waals surface area (Å²) >= 11 is 4.85. The summed E-state index contributed by atoms with van der Waals surface area (Å²) in [7, 11) is 0. The number of aromatic nitrogens is 4. The van der Waals surface area contributed by atoms with Crippen LogP contribution in [0.25, 0.3) is 11.4 Å². The van der Waals surface area contributed by atoms with Crippen LogP contribution in [0.4, 0.5) is 5.69 Å². The van der Waals surface area contributed by atoms with Crippen molar-refractivity contribution >= 4 is 39.3 Å². The summed E-state index contributed by atoms with van der Waals surface area (Å²) < 4.78 is 4.84. The lowest BCUT2D eigenvalue weighted by Gasteiger charge is -2.09. The highest BCUT2D eigenvalue weighted by atomic mass is 79.9. The van der Waals surface area contributed by atoms with Gasteiger partial charge in [-0.2, -0.15) is 5.10 Å². The number of nitrogens with zero attached hydrogens (tertiary/aromatic N) is 4. The van der Waals surface area contributed by atoms with Crippen LogP contribution in [0.15, 0.2) is 70.6 Å². The fourth-order valence-corrected chi connectivity index (χ4v) is 4.30. The minimum Gasteiger partial charge on any atom is -0.322 e. The smallest absolute Gasteiger partial charge is 0.234 e. The molecule has 1 amide bonds. The van der Waals surface area contributed by atoms with Crippen molar-refractivity contribution in [1.29, 1.82) is 0 Å². The van der Waals surface area contributed by atoms with E-state index in [2.05, 4.69) is 38.3 Å². The van der Waals surface area contributed by atoms with Crippen molar-refractivity contribution in [3.63, 3.8) is 0 Å². The number of thioether (sulfide) groups is 1. The summed E-state index contributed by atoms with van der Waals surface area (Å²) in [5, 5.41) is 8.40. The molecule has 0 radical (unpaired) electrons. The SMILES string of the molecule is Cc1ccc(-n2nc(C)c(NC(=O)CSc3nccn3-c3ccc(Br)cc3)c2C)cc1. The first kappa shape index (κ1) is 21.4. The van der Waals surface area contributed by atoms with E-state index in [-0.39, 0.29) is 11.7 Å². The Morgan fingerprint density at radius 3 is 2.42 bits per heavy atom. The maximum absolute atomic E-state index is 12.7. The second-order valence-corrected chi connectivity index (χ2v) is 9.04. The molecule has 0 bridgehead atoms. The second kappa shape index (κ2) is 9.11. The molecule has 1 N–H and O–H groups in total. The van der Waals surface area contributed by atoms with Crippen LogP contribution in [0.5, 0.6) is 0 Å². The first-order valence-corrected chi connectivity index (χ1v) is 11.6. The highest BCUT2D eigenvalue weighted by Gasteiger charge is 2.16. The van der Waals surface area contributed by atoms with E-state index in [0.29, 0.717) is 0 Å². The van der Waals surface area contributed by atoms with Gasteiger partial charge >= 0.3 is 0 Å². The van der Waals surface area contributed by atoms with Crippen LogP contribution in [0.3, 0.4) is 0 Å². The minimum atomic E-state index is -0.0926. The first-order valence-electron chi connectivity index (χ1n) is 9.77. The van der Waals surface area contributed by atoms with Crippen LogP contribution in [-0.2, 0) is 4.79 Å². The van der Waals surface area contributed by atoms with Crippen LogP contribution < -0.4 is 5.32 Å². The van der Waals surface area contributed by atoms with E-state index in [0.717, 1.165) is 38.1 Å². The van der Waals surface area contributed by atoms with Crippen molar-refractivity contribution in [2.24, 2.45) is 0 Å². The molecule has 4 aromatic rings. The molecule has 0 unspecified atom stereocenters. The van der Waals surface area contributed by atoms with E-state index in [1.807, 2.05) is 77.8 Å². The first-order chi connectivity index (χ1) is 14.9. The lowest BCUT2D eigenvalue weighted by atomic mass is 10.2. The molecule has 0 fully saturated rings. The Morgan fingerprint density at radius 2 is 1.71 bits per heavy atom. The zero-order chi connectivity index (χ0) is 22.0. The lowest BCUT2D eigenvalue weighted by Crippen LogP contribution is -2.15. The van der Waals surface area contributed by atoms with E-state index >= 15 is 0 Å². The van der Waals surface area contributed by atoms with Crippen molar-refractivity contribution in [3.05, 3.63) is 82.3 Å². The van der Waals surface area contributed by atoms with Crippen molar-refractivity contribution < 1.29 is 4.79 Å². The average molecular weight is 496 g/mol. The zero-order valence-corrected chi connectivity index (χ0v) is 19.9. The molecule has 0 spiro atoms. The third-order valence-corrected chi connectivity index (χ3v) is 6.37. The van der Waals surface area contributed by atoms with Gasteiger partial charge in [-0.1, -0.05) is 45.4 Å². The number of rotatable bonds is 6. The Bertz CT molecular complexity index is 1210. The Labute approximate surface area is 193 Å². The third-order valence-electron chi connectivity index (χ3n) is 4.88. The Morgan fingerprint density at radius 1 is 1.03 bits per heavy atom. The molecule has 8 heteroatoms. The molecule has 2 aromatic carbocycles. The van der Waals surface area contributed by atoms with E-state index in [1.54, 1.807) is 6.20 Å². The number of nitrogens with one attached hydrogen (secondary N) is 1. The van der Waals surface area contributed by atoms with Gasteiger partial charge in [-0.3, -0.25) is 9.36 Å². The third kappa shape index (κ3) is 4.75. The summed E-state index contributed by atoms with van der Waals surface area (Å²) in [5.41, 5.74) is 5.59. The predicted octanol–water partition coefficient (Wildman–Crippen LogP) is 5.48. The summed E-state index contributed by atoms with van der Waals surface area (Å²) in [4.78, 5) is 17.1.